The number of rotatable bonds is 6. The number of aromatic nitrogens is 2. The molecule has 10 rings (SSSR count). The molecule has 0 radical (unpaired) electrons. The van der Waals surface area contributed by atoms with Gasteiger partial charge in [-0.1, -0.05) is 140 Å². The maximum atomic E-state index is 5.31. The summed E-state index contributed by atoms with van der Waals surface area (Å²) in [6.07, 6.45) is 31.7. The van der Waals surface area contributed by atoms with Crippen molar-refractivity contribution >= 4 is 22.6 Å². The smallest absolute Gasteiger partial charge is 0.156 e. The molecule has 3 unspecified atom stereocenters. The molecule has 0 spiro atoms. The fourth-order valence-electron chi connectivity index (χ4n) is 9.13. The van der Waals surface area contributed by atoms with Gasteiger partial charge in [0.15, 0.2) is 5.82 Å². The lowest BCUT2D eigenvalue weighted by molar-refractivity contribution is 0.482. The summed E-state index contributed by atoms with van der Waals surface area (Å²) in [7, 11) is 0. The van der Waals surface area contributed by atoms with Crippen LogP contribution < -0.4 is 0 Å². The number of fused-ring (bicyclic) bond motifs is 3. The summed E-state index contributed by atoms with van der Waals surface area (Å²) in [6, 6.07) is 35.3. The van der Waals surface area contributed by atoms with Gasteiger partial charge in [-0.3, -0.25) is 4.99 Å². The molecule has 3 nitrogen and oxygen atoms in total. The molecule has 4 atom stereocenters. The van der Waals surface area contributed by atoms with E-state index in [1.165, 1.54) is 56.2 Å². The van der Waals surface area contributed by atoms with Crippen LogP contribution >= 0.6 is 0 Å². The Balaban J connectivity index is 1.02. The number of benzene rings is 4. The van der Waals surface area contributed by atoms with Gasteiger partial charge in [-0.25, -0.2) is 9.97 Å². The van der Waals surface area contributed by atoms with Crippen LogP contribution in [0.5, 0.6) is 0 Å². The Labute approximate surface area is 318 Å². The lowest BCUT2D eigenvalue weighted by atomic mass is 9.76. The second kappa shape index (κ2) is 14.1. The standard InChI is InChI=1S/C51H43N3/c1-2-11-40-29-42(28-19-34(40)9-1)41-14-7-15-43(30-41)51-53-49(38-24-20-36(21-25-38)46-18-8-13-35-10-3-5-16-45(35)46)31-50(54-51)39-26-22-37(23-27-39)48-33-52-32-44-12-4-6-17-47(44)48/h1-5,8-14,16,18,20-27,29-34,40,47-48H,6-7,15,17,19,28H2/t34-,40?,47?,48?/m1/s1. The molecule has 0 saturated carbocycles. The van der Waals surface area contributed by atoms with Crippen LogP contribution in [-0.2, 0) is 0 Å². The molecule has 3 heteroatoms. The minimum atomic E-state index is 0.294. The highest BCUT2D eigenvalue weighted by Gasteiger charge is 2.28. The highest BCUT2D eigenvalue weighted by Crippen LogP contribution is 2.41. The summed E-state index contributed by atoms with van der Waals surface area (Å²) >= 11 is 0. The largest absolute Gasteiger partial charge is 0.268 e. The minimum Gasteiger partial charge on any atom is -0.268 e. The van der Waals surface area contributed by atoms with E-state index in [1.54, 1.807) is 0 Å². The fourth-order valence-corrected chi connectivity index (χ4v) is 9.13. The number of nitrogens with zero attached hydrogens (tertiary/aromatic N) is 3. The highest BCUT2D eigenvalue weighted by atomic mass is 14.9. The summed E-state index contributed by atoms with van der Waals surface area (Å²) in [4.78, 5) is 15.3. The molecule has 4 aromatic carbocycles. The maximum Gasteiger partial charge on any atom is 0.156 e. The van der Waals surface area contributed by atoms with Gasteiger partial charge in [-0.05, 0) is 112 Å². The zero-order chi connectivity index (χ0) is 35.8. The second-order valence-electron chi connectivity index (χ2n) is 15.3. The van der Waals surface area contributed by atoms with Crippen LogP contribution in [0.25, 0.3) is 50.0 Å². The molecule has 0 bridgehead atoms. The topological polar surface area (TPSA) is 38.1 Å². The van der Waals surface area contributed by atoms with E-state index in [9.17, 15) is 0 Å². The van der Waals surface area contributed by atoms with Gasteiger partial charge < -0.3 is 0 Å². The van der Waals surface area contributed by atoms with E-state index in [0.717, 1.165) is 60.4 Å². The van der Waals surface area contributed by atoms with E-state index in [-0.39, 0.29) is 0 Å². The van der Waals surface area contributed by atoms with E-state index in [0.29, 0.717) is 23.7 Å². The van der Waals surface area contributed by atoms with Crippen LogP contribution in [0.2, 0.25) is 0 Å². The van der Waals surface area contributed by atoms with Crippen molar-refractivity contribution in [2.24, 2.45) is 22.7 Å². The lowest BCUT2D eigenvalue weighted by Gasteiger charge is -2.30. The Morgan fingerprint density at radius 3 is 2.31 bits per heavy atom. The monoisotopic (exact) mass is 697 g/mol. The first-order valence-corrected chi connectivity index (χ1v) is 19.7. The van der Waals surface area contributed by atoms with Crippen LogP contribution in [0.3, 0.4) is 0 Å². The first kappa shape index (κ1) is 32.7. The fraction of sp³-hybridized carbons (Fsp3) is 0.196. The van der Waals surface area contributed by atoms with Gasteiger partial charge in [0.05, 0.1) is 11.4 Å². The Morgan fingerprint density at radius 2 is 1.44 bits per heavy atom. The molecule has 5 aromatic rings. The molecular formula is C51H43N3. The summed E-state index contributed by atoms with van der Waals surface area (Å²) in [5.74, 6) is 2.72. The van der Waals surface area contributed by atoms with Gasteiger partial charge in [0, 0.05) is 35.4 Å². The molecule has 5 aliphatic rings. The number of allylic oxidation sites excluding steroid dienone is 13. The van der Waals surface area contributed by atoms with Crippen molar-refractivity contribution < 1.29 is 0 Å². The summed E-state index contributed by atoms with van der Waals surface area (Å²) in [6.45, 7) is 0. The Bertz CT molecular complexity index is 2500. The van der Waals surface area contributed by atoms with Crippen LogP contribution in [0, 0.1) is 17.8 Å². The molecule has 0 amide bonds. The average molecular weight is 698 g/mol. The molecule has 1 aliphatic heterocycles. The van der Waals surface area contributed by atoms with Gasteiger partial charge in [0.2, 0.25) is 0 Å². The molecule has 54 heavy (non-hydrogen) atoms. The predicted molar refractivity (Wildman–Crippen MR) is 225 cm³/mol. The summed E-state index contributed by atoms with van der Waals surface area (Å²) in [5.41, 5.74) is 13.2. The van der Waals surface area contributed by atoms with E-state index in [4.69, 9.17) is 9.97 Å². The molecule has 0 N–H and O–H groups in total. The summed E-state index contributed by atoms with van der Waals surface area (Å²) < 4.78 is 0. The third-order valence-electron chi connectivity index (χ3n) is 12.1. The van der Waals surface area contributed by atoms with Gasteiger partial charge in [0.25, 0.3) is 0 Å². The van der Waals surface area contributed by atoms with Crippen molar-refractivity contribution in [1.29, 1.82) is 0 Å². The van der Waals surface area contributed by atoms with E-state index < -0.39 is 0 Å². The third-order valence-corrected chi connectivity index (χ3v) is 12.1. The van der Waals surface area contributed by atoms with E-state index in [1.807, 2.05) is 6.20 Å². The molecule has 0 saturated heterocycles. The number of hydrogen-bond donors (Lipinski definition) is 0. The van der Waals surface area contributed by atoms with E-state index in [2.05, 4.69) is 163 Å². The summed E-state index contributed by atoms with van der Waals surface area (Å²) in [5, 5.41) is 2.52. The zero-order valence-corrected chi connectivity index (χ0v) is 30.5. The van der Waals surface area contributed by atoms with Crippen LogP contribution in [0.1, 0.15) is 55.8 Å². The molecule has 0 fully saturated rings. The van der Waals surface area contributed by atoms with Gasteiger partial charge in [0.1, 0.15) is 0 Å². The van der Waals surface area contributed by atoms with Gasteiger partial charge in [-0.2, -0.15) is 0 Å². The molecule has 262 valence electrons. The predicted octanol–water partition coefficient (Wildman–Crippen LogP) is 12.8. The van der Waals surface area contributed by atoms with Crippen molar-refractivity contribution in [3.8, 4) is 33.6 Å². The highest BCUT2D eigenvalue weighted by molar-refractivity contribution is 5.96. The number of hydrogen-bond acceptors (Lipinski definition) is 3. The second-order valence-corrected chi connectivity index (χ2v) is 15.3. The van der Waals surface area contributed by atoms with Gasteiger partial charge in [-0.15, -0.1) is 0 Å². The molecular weight excluding hydrogens is 655 g/mol. The van der Waals surface area contributed by atoms with Crippen LogP contribution in [0.15, 0.2) is 180 Å². The Kier molecular flexibility index (Phi) is 8.56. The zero-order valence-electron chi connectivity index (χ0n) is 30.5. The Hall–Kier alpha value is -5.93. The lowest BCUT2D eigenvalue weighted by Crippen LogP contribution is -2.20. The van der Waals surface area contributed by atoms with Crippen molar-refractivity contribution in [3.05, 3.63) is 186 Å². The van der Waals surface area contributed by atoms with Crippen molar-refractivity contribution in [2.45, 2.75) is 44.4 Å². The molecule has 2 heterocycles. The van der Waals surface area contributed by atoms with Crippen molar-refractivity contribution in [1.82, 2.24) is 9.97 Å². The van der Waals surface area contributed by atoms with Crippen molar-refractivity contribution in [3.63, 3.8) is 0 Å². The quantitative estimate of drug-likeness (QED) is 0.177. The third kappa shape index (κ3) is 6.28. The molecule has 1 aromatic heterocycles. The first-order chi connectivity index (χ1) is 26.7. The molecule has 4 aliphatic carbocycles. The van der Waals surface area contributed by atoms with E-state index >= 15 is 0 Å². The van der Waals surface area contributed by atoms with Crippen LogP contribution in [-0.4, -0.2) is 16.2 Å². The SMILES string of the molecule is C1=CC2C=C(C3=CCCC(c4nc(-c5ccc(-c6cccc7ccccc67)cc5)cc(-c5ccc(C6C=NC=C7C=CCCC76)cc5)n4)=C3)CC[C@H]2C=C1. The normalized spacial score (nSPS) is 22.9. The minimum absolute atomic E-state index is 0.294. The Morgan fingerprint density at radius 1 is 0.667 bits per heavy atom. The maximum absolute atomic E-state index is 5.31. The number of aliphatic imine (C=N–C) groups is 1. The average Bonchev–Trinajstić information content (AvgIpc) is 3.26. The van der Waals surface area contributed by atoms with Crippen molar-refractivity contribution in [2.75, 3.05) is 0 Å². The van der Waals surface area contributed by atoms with Gasteiger partial charge >= 0.3 is 0 Å². The first-order valence-electron chi connectivity index (χ1n) is 19.7. The van der Waals surface area contributed by atoms with Crippen LogP contribution in [0.4, 0.5) is 0 Å².